The molecule has 4 rings (SSSR count). The largest absolute Gasteiger partial charge is 0.341 e. The molecule has 0 saturated heterocycles. The van der Waals surface area contributed by atoms with Crippen molar-refractivity contribution in [3.8, 4) is 0 Å². The second kappa shape index (κ2) is 9.42. The molecular formula is C25H25F2N3O3S. The van der Waals surface area contributed by atoms with Crippen molar-refractivity contribution in [2.24, 2.45) is 0 Å². The SMILES string of the molecule is CCn1c2ccccc2c2cc(NC(=O)CCCN(c3ccc(F)c(F)c3)S(C)(=O)=O)ccc21. The Bertz CT molecular complexity index is 1480. The summed E-state index contributed by atoms with van der Waals surface area (Å²) in [5.41, 5.74) is 2.87. The van der Waals surface area contributed by atoms with Gasteiger partial charge in [0.1, 0.15) is 0 Å². The Morgan fingerprint density at radius 1 is 0.971 bits per heavy atom. The zero-order valence-electron chi connectivity index (χ0n) is 18.9. The van der Waals surface area contributed by atoms with Gasteiger partial charge in [-0.15, -0.1) is 0 Å². The van der Waals surface area contributed by atoms with Crippen LogP contribution >= 0.6 is 0 Å². The summed E-state index contributed by atoms with van der Waals surface area (Å²) in [5, 5.41) is 5.01. The van der Waals surface area contributed by atoms with E-state index in [0.717, 1.165) is 51.0 Å². The number of hydrogen-bond donors (Lipinski definition) is 1. The number of para-hydroxylation sites is 1. The molecule has 0 radical (unpaired) electrons. The van der Waals surface area contributed by atoms with Crippen LogP contribution in [0.4, 0.5) is 20.2 Å². The number of aryl methyl sites for hydroxylation is 1. The zero-order valence-corrected chi connectivity index (χ0v) is 19.7. The lowest BCUT2D eigenvalue weighted by atomic mass is 10.1. The monoisotopic (exact) mass is 485 g/mol. The van der Waals surface area contributed by atoms with Gasteiger partial charge in [0.2, 0.25) is 15.9 Å². The lowest BCUT2D eigenvalue weighted by Crippen LogP contribution is -2.31. The molecule has 9 heteroatoms. The van der Waals surface area contributed by atoms with Gasteiger partial charge in [-0.3, -0.25) is 9.10 Å². The molecule has 0 bridgehead atoms. The highest BCUT2D eigenvalue weighted by Gasteiger charge is 2.19. The Labute approximate surface area is 196 Å². The van der Waals surface area contributed by atoms with Crippen molar-refractivity contribution in [2.45, 2.75) is 26.3 Å². The van der Waals surface area contributed by atoms with Gasteiger partial charge >= 0.3 is 0 Å². The van der Waals surface area contributed by atoms with Crippen LogP contribution in [0.3, 0.4) is 0 Å². The van der Waals surface area contributed by atoms with E-state index in [4.69, 9.17) is 0 Å². The van der Waals surface area contributed by atoms with Gasteiger partial charge < -0.3 is 9.88 Å². The lowest BCUT2D eigenvalue weighted by Gasteiger charge is -2.22. The number of halogens is 2. The molecule has 0 fully saturated rings. The molecule has 6 nitrogen and oxygen atoms in total. The van der Waals surface area contributed by atoms with Crippen LogP contribution in [-0.2, 0) is 21.4 Å². The number of carbonyl (C=O) groups excluding carboxylic acids is 1. The highest BCUT2D eigenvalue weighted by Crippen LogP contribution is 2.31. The molecule has 1 amide bonds. The lowest BCUT2D eigenvalue weighted by molar-refractivity contribution is -0.116. The first-order chi connectivity index (χ1) is 16.2. The predicted octanol–water partition coefficient (Wildman–Crippen LogP) is 5.28. The van der Waals surface area contributed by atoms with E-state index >= 15 is 0 Å². The van der Waals surface area contributed by atoms with Crippen LogP contribution in [0.5, 0.6) is 0 Å². The molecule has 0 aliphatic carbocycles. The van der Waals surface area contributed by atoms with E-state index in [0.29, 0.717) is 5.69 Å². The number of hydrogen-bond acceptors (Lipinski definition) is 3. The summed E-state index contributed by atoms with van der Waals surface area (Å²) < 4.78 is 54.3. The minimum atomic E-state index is -3.74. The van der Waals surface area contributed by atoms with E-state index in [1.165, 1.54) is 6.07 Å². The van der Waals surface area contributed by atoms with Crippen LogP contribution in [0.25, 0.3) is 21.8 Å². The Morgan fingerprint density at radius 3 is 2.41 bits per heavy atom. The maximum Gasteiger partial charge on any atom is 0.232 e. The molecule has 1 N–H and O–H groups in total. The topological polar surface area (TPSA) is 71.4 Å². The third-order valence-electron chi connectivity index (χ3n) is 5.73. The number of rotatable bonds is 8. The van der Waals surface area contributed by atoms with Gasteiger partial charge in [-0.2, -0.15) is 0 Å². The van der Waals surface area contributed by atoms with E-state index in [2.05, 4.69) is 22.9 Å². The number of amides is 1. The summed E-state index contributed by atoms with van der Waals surface area (Å²) in [4.78, 5) is 12.5. The van der Waals surface area contributed by atoms with E-state index < -0.39 is 21.7 Å². The second-order valence-corrected chi connectivity index (χ2v) is 9.99. The molecule has 0 unspecified atom stereocenters. The van der Waals surface area contributed by atoms with Crippen LogP contribution in [0.1, 0.15) is 19.8 Å². The van der Waals surface area contributed by atoms with Crippen LogP contribution in [0.2, 0.25) is 0 Å². The van der Waals surface area contributed by atoms with E-state index in [9.17, 15) is 22.0 Å². The first-order valence-electron chi connectivity index (χ1n) is 10.9. The summed E-state index contributed by atoms with van der Waals surface area (Å²) in [7, 11) is -3.74. The maximum atomic E-state index is 13.6. The highest BCUT2D eigenvalue weighted by molar-refractivity contribution is 7.92. The second-order valence-electron chi connectivity index (χ2n) is 8.08. The normalized spacial score (nSPS) is 11.8. The quantitative estimate of drug-likeness (QED) is 0.369. The molecule has 0 atom stereocenters. The first kappa shape index (κ1) is 23.7. The van der Waals surface area contributed by atoms with Gasteiger partial charge in [0, 0.05) is 53.1 Å². The highest BCUT2D eigenvalue weighted by atomic mass is 32.2. The third kappa shape index (κ3) is 4.75. The number of anilines is 2. The number of sulfonamides is 1. The van der Waals surface area contributed by atoms with Crippen molar-refractivity contribution >= 4 is 49.1 Å². The molecule has 3 aromatic carbocycles. The summed E-state index contributed by atoms with van der Waals surface area (Å²) >= 11 is 0. The van der Waals surface area contributed by atoms with Crippen molar-refractivity contribution < 1.29 is 22.0 Å². The van der Waals surface area contributed by atoms with Crippen LogP contribution in [0.15, 0.2) is 60.7 Å². The number of fused-ring (bicyclic) bond motifs is 3. The number of nitrogens with zero attached hydrogens (tertiary/aromatic N) is 2. The standard InChI is InChI=1S/C25H25F2N3O3S/c1-3-29-23-8-5-4-7-19(23)20-15-17(10-13-24(20)29)28-25(31)9-6-14-30(34(2,32)33)18-11-12-21(26)22(27)16-18/h4-5,7-8,10-13,15-16H,3,6,9,14H2,1-2H3,(H,28,31). The maximum absolute atomic E-state index is 13.6. The van der Waals surface area contributed by atoms with Crippen molar-refractivity contribution in [2.75, 3.05) is 22.4 Å². The van der Waals surface area contributed by atoms with Gasteiger partial charge in [-0.1, -0.05) is 18.2 Å². The molecule has 1 heterocycles. The summed E-state index contributed by atoms with van der Waals surface area (Å²) in [5.74, 6) is -2.46. The Balaban J connectivity index is 1.46. The van der Waals surface area contributed by atoms with Gasteiger partial charge in [0.25, 0.3) is 0 Å². The van der Waals surface area contributed by atoms with Gasteiger partial charge in [0.15, 0.2) is 11.6 Å². The molecular weight excluding hydrogens is 460 g/mol. The van der Waals surface area contributed by atoms with E-state index in [1.807, 2.05) is 36.4 Å². The zero-order chi connectivity index (χ0) is 24.5. The summed E-state index contributed by atoms with van der Waals surface area (Å²) in [6.07, 6.45) is 1.25. The Morgan fingerprint density at radius 2 is 1.71 bits per heavy atom. The molecule has 0 saturated carbocycles. The number of benzene rings is 3. The molecule has 0 aliphatic rings. The minimum absolute atomic E-state index is 0.0135. The Hall–Kier alpha value is -3.46. The van der Waals surface area contributed by atoms with Gasteiger partial charge in [0.05, 0.1) is 11.9 Å². The van der Waals surface area contributed by atoms with Crippen molar-refractivity contribution in [1.29, 1.82) is 0 Å². The molecule has 4 aromatic rings. The van der Waals surface area contributed by atoms with Gasteiger partial charge in [-0.25, -0.2) is 17.2 Å². The third-order valence-corrected chi connectivity index (χ3v) is 6.92. The fraction of sp³-hybridized carbons (Fsp3) is 0.240. The molecule has 1 aromatic heterocycles. The average molecular weight is 486 g/mol. The van der Waals surface area contributed by atoms with Crippen molar-refractivity contribution in [1.82, 2.24) is 4.57 Å². The minimum Gasteiger partial charge on any atom is -0.341 e. The summed E-state index contributed by atoms with van der Waals surface area (Å²) in [6, 6.07) is 16.8. The molecule has 0 aliphatic heterocycles. The number of carbonyl (C=O) groups is 1. The number of nitrogens with one attached hydrogen (secondary N) is 1. The average Bonchev–Trinajstić information content (AvgIpc) is 3.11. The van der Waals surface area contributed by atoms with Crippen LogP contribution < -0.4 is 9.62 Å². The van der Waals surface area contributed by atoms with Gasteiger partial charge in [-0.05, 0) is 49.7 Å². The van der Waals surface area contributed by atoms with Crippen molar-refractivity contribution in [3.63, 3.8) is 0 Å². The smallest absolute Gasteiger partial charge is 0.232 e. The fourth-order valence-corrected chi connectivity index (χ4v) is 5.16. The number of aromatic nitrogens is 1. The summed E-state index contributed by atoms with van der Waals surface area (Å²) in [6.45, 7) is 2.87. The van der Waals surface area contributed by atoms with E-state index in [-0.39, 0.29) is 31.0 Å². The van der Waals surface area contributed by atoms with E-state index in [1.54, 1.807) is 0 Å². The molecule has 34 heavy (non-hydrogen) atoms. The first-order valence-corrected chi connectivity index (χ1v) is 12.8. The molecule has 178 valence electrons. The van der Waals surface area contributed by atoms with Crippen LogP contribution in [0, 0.1) is 11.6 Å². The van der Waals surface area contributed by atoms with Crippen LogP contribution in [-0.4, -0.2) is 31.7 Å². The predicted molar refractivity (Wildman–Crippen MR) is 132 cm³/mol. The fourth-order valence-electron chi connectivity index (χ4n) is 4.21. The van der Waals surface area contributed by atoms with Crippen molar-refractivity contribution in [3.05, 3.63) is 72.3 Å². The Kier molecular flexibility index (Phi) is 6.56. The molecule has 0 spiro atoms.